The van der Waals surface area contributed by atoms with E-state index in [4.69, 9.17) is 4.74 Å². The lowest BCUT2D eigenvalue weighted by Crippen LogP contribution is -2.40. The van der Waals surface area contributed by atoms with Gasteiger partial charge in [0, 0.05) is 12.6 Å². The monoisotopic (exact) mass is 229 g/mol. The average molecular weight is 229 g/mol. The minimum absolute atomic E-state index is 0.0231. The Hall–Kier alpha value is -1.14. The summed E-state index contributed by atoms with van der Waals surface area (Å²) in [5, 5.41) is 5.65. The van der Waals surface area contributed by atoms with E-state index in [2.05, 4.69) is 10.6 Å². The third kappa shape index (κ3) is 3.18. The average Bonchev–Trinajstić information content (AvgIpc) is 2.58. The van der Waals surface area contributed by atoms with E-state index < -0.39 is 0 Å². The molecule has 1 fully saturated rings. The number of ether oxygens (including phenoxy) is 1. The Labute approximate surface area is 95.3 Å². The van der Waals surface area contributed by atoms with Crippen LogP contribution in [0.5, 0.6) is 0 Å². The van der Waals surface area contributed by atoms with Gasteiger partial charge in [0.15, 0.2) is 0 Å². The molecule has 0 aromatic rings. The minimum Gasteiger partial charge on any atom is -0.468 e. The molecule has 0 aromatic heterocycles. The summed E-state index contributed by atoms with van der Waals surface area (Å²) in [6, 6.07) is -0.222. The van der Waals surface area contributed by atoms with Crippen molar-refractivity contribution in [2.75, 3.05) is 34.3 Å². The highest BCUT2D eigenvalue weighted by Gasteiger charge is 2.35. The molecule has 6 heteroatoms. The molecular formula is C10H19N3O3. The first kappa shape index (κ1) is 12.9. The fraction of sp³-hybridized carbons (Fsp3) is 0.800. The van der Waals surface area contributed by atoms with Gasteiger partial charge in [0.05, 0.1) is 13.7 Å². The Balaban J connectivity index is 2.43. The van der Waals surface area contributed by atoms with Crippen LogP contribution in [0.2, 0.25) is 0 Å². The van der Waals surface area contributed by atoms with Crippen LogP contribution >= 0.6 is 0 Å². The van der Waals surface area contributed by atoms with Gasteiger partial charge in [-0.15, -0.1) is 0 Å². The second-order valence-electron chi connectivity index (χ2n) is 4.01. The molecule has 0 radical (unpaired) electrons. The van der Waals surface area contributed by atoms with Crippen LogP contribution in [-0.2, 0) is 14.3 Å². The van der Waals surface area contributed by atoms with E-state index in [9.17, 15) is 9.59 Å². The van der Waals surface area contributed by atoms with Crippen molar-refractivity contribution in [3.8, 4) is 0 Å². The Morgan fingerprint density at radius 2 is 2.19 bits per heavy atom. The summed E-state index contributed by atoms with van der Waals surface area (Å²) in [6.07, 6.45) is 0.610. The van der Waals surface area contributed by atoms with Gasteiger partial charge < -0.3 is 15.4 Å². The summed E-state index contributed by atoms with van der Waals surface area (Å²) in [5.74, 6) is -0.292. The summed E-state index contributed by atoms with van der Waals surface area (Å²) in [6.45, 7) is 0.971. The Morgan fingerprint density at radius 3 is 2.75 bits per heavy atom. The number of carbonyl (C=O) groups excluding carboxylic acids is 2. The lowest BCUT2D eigenvalue weighted by molar-refractivity contribution is -0.145. The molecule has 0 bridgehead atoms. The Kier molecular flexibility index (Phi) is 4.70. The van der Waals surface area contributed by atoms with Gasteiger partial charge in [-0.3, -0.25) is 14.5 Å². The van der Waals surface area contributed by atoms with Crippen LogP contribution in [0.1, 0.15) is 6.42 Å². The zero-order valence-electron chi connectivity index (χ0n) is 9.95. The number of likely N-dealkylation sites (N-methyl/N-ethyl adjacent to an activating group) is 2. The highest BCUT2D eigenvalue weighted by Crippen LogP contribution is 2.16. The predicted molar refractivity (Wildman–Crippen MR) is 58.9 cm³/mol. The van der Waals surface area contributed by atoms with Crippen LogP contribution in [0.3, 0.4) is 0 Å². The molecule has 16 heavy (non-hydrogen) atoms. The van der Waals surface area contributed by atoms with Crippen LogP contribution in [-0.4, -0.2) is 63.2 Å². The van der Waals surface area contributed by atoms with Crippen LogP contribution in [0.25, 0.3) is 0 Å². The predicted octanol–water partition coefficient (Wildman–Crippen LogP) is -1.43. The van der Waals surface area contributed by atoms with E-state index in [1.165, 1.54) is 7.11 Å². The van der Waals surface area contributed by atoms with Crippen LogP contribution in [0.4, 0.5) is 0 Å². The first-order chi connectivity index (χ1) is 7.58. The van der Waals surface area contributed by atoms with Crippen molar-refractivity contribution >= 4 is 11.9 Å². The van der Waals surface area contributed by atoms with Crippen molar-refractivity contribution in [1.82, 2.24) is 15.5 Å². The quantitative estimate of drug-likeness (QED) is 0.578. The maximum atomic E-state index is 11.4. The summed E-state index contributed by atoms with van der Waals surface area (Å²) >= 11 is 0. The van der Waals surface area contributed by atoms with E-state index in [0.717, 1.165) is 0 Å². The molecule has 1 rings (SSSR count). The van der Waals surface area contributed by atoms with Gasteiger partial charge in [0.25, 0.3) is 0 Å². The molecule has 2 atom stereocenters. The van der Waals surface area contributed by atoms with Crippen LogP contribution in [0.15, 0.2) is 0 Å². The van der Waals surface area contributed by atoms with Gasteiger partial charge in [-0.1, -0.05) is 0 Å². The SMILES string of the molecule is CNCC(=O)NC1CC(C(=O)OC)N(C)C1. The molecule has 2 unspecified atom stereocenters. The second kappa shape index (κ2) is 5.81. The largest absolute Gasteiger partial charge is 0.468 e. The number of amides is 1. The van der Waals surface area contributed by atoms with Gasteiger partial charge in [-0.2, -0.15) is 0 Å². The zero-order chi connectivity index (χ0) is 12.1. The maximum Gasteiger partial charge on any atom is 0.323 e. The number of hydrogen-bond acceptors (Lipinski definition) is 5. The van der Waals surface area contributed by atoms with Gasteiger partial charge in [0.2, 0.25) is 5.91 Å². The van der Waals surface area contributed by atoms with Crippen LogP contribution < -0.4 is 10.6 Å². The first-order valence-corrected chi connectivity index (χ1v) is 5.30. The molecule has 1 saturated heterocycles. The third-order valence-electron chi connectivity index (χ3n) is 2.72. The normalized spacial score (nSPS) is 25.4. The lowest BCUT2D eigenvalue weighted by Gasteiger charge is -2.15. The van der Waals surface area contributed by atoms with Gasteiger partial charge in [0.1, 0.15) is 6.04 Å². The van der Waals surface area contributed by atoms with E-state index >= 15 is 0 Å². The number of esters is 1. The van der Waals surface area contributed by atoms with Gasteiger partial charge in [-0.25, -0.2) is 0 Å². The number of carbonyl (C=O) groups is 2. The summed E-state index contributed by atoms with van der Waals surface area (Å²) < 4.78 is 4.70. The number of nitrogens with one attached hydrogen (secondary N) is 2. The van der Waals surface area contributed by atoms with Gasteiger partial charge >= 0.3 is 5.97 Å². The van der Waals surface area contributed by atoms with Crippen molar-refractivity contribution < 1.29 is 14.3 Å². The number of rotatable bonds is 4. The molecule has 92 valence electrons. The molecule has 6 nitrogen and oxygen atoms in total. The smallest absolute Gasteiger partial charge is 0.323 e. The highest BCUT2D eigenvalue weighted by molar-refractivity contribution is 5.79. The Bertz CT molecular complexity index is 270. The first-order valence-electron chi connectivity index (χ1n) is 5.30. The molecule has 1 aliphatic heterocycles. The molecule has 0 aliphatic carbocycles. The number of methoxy groups -OCH3 is 1. The second-order valence-corrected chi connectivity index (χ2v) is 4.01. The molecule has 0 saturated carbocycles. The van der Waals surface area contributed by atoms with Crippen molar-refractivity contribution in [3.63, 3.8) is 0 Å². The standard InChI is InChI=1S/C10H19N3O3/c1-11-5-9(14)12-7-4-8(10(15)16-3)13(2)6-7/h7-8,11H,4-6H2,1-3H3,(H,12,14). The van der Waals surface area contributed by atoms with Crippen LogP contribution in [0, 0.1) is 0 Å². The summed E-state index contributed by atoms with van der Waals surface area (Å²) in [4.78, 5) is 24.6. The number of likely N-dealkylation sites (tertiary alicyclic amines) is 1. The van der Waals surface area contributed by atoms with E-state index in [1.54, 1.807) is 7.05 Å². The topological polar surface area (TPSA) is 70.7 Å². The molecule has 1 amide bonds. The summed E-state index contributed by atoms with van der Waals surface area (Å²) in [7, 11) is 4.95. The maximum absolute atomic E-state index is 11.4. The molecule has 1 heterocycles. The summed E-state index contributed by atoms with van der Waals surface area (Å²) in [5.41, 5.74) is 0. The van der Waals surface area contributed by atoms with E-state index in [0.29, 0.717) is 19.5 Å². The fourth-order valence-electron chi connectivity index (χ4n) is 1.95. The molecule has 0 spiro atoms. The molecule has 0 aromatic carbocycles. The van der Waals surface area contributed by atoms with Crippen molar-refractivity contribution in [2.24, 2.45) is 0 Å². The van der Waals surface area contributed by atoms with E-state index in [1.807, 2.05) is 11.9 Å². The van der Waals surface area contributed by atoms with Crippen molar-refractivity contribution in [3.05, 3.63) is 0 Å². The molecular weight excluding hydrogens is 210 g/mol. The van der Waals surface area contributed by atoms with Crippen molar-refractivity contribution in [2.45, 2.75) is 18.5 Å². The van der Waals surface area contributed by atoms with E-state index in [-0.39, 0.29) is 24.0 Å². The highest BCUT2D eigenvalue weighted by atomic mass is 16.5. The van der Waals surface area contributed by atoms with Gasteiger partial charge in [-0.05, 0) is 20.5 Å². The molecule has 1 aliphatic rings. The molecule has 2 N–H and O–H groups in total. The fourth-order valence-corrected chi connectivity index (χ4v) is 1.95. The Morgan fingerprint density at radius 1 is 1.50 bits per heavy atom. The third-order valence-corrected chi connectivity index (χ3v) is 2.72. The number of hydrogen-bond donors (Lipinski definition) is 2. The lowest BCUT2D eigenvalue weighted by atomic mass is 10.1. The van der Waals surface area contributed by atoms with Crippen molar-refractivity contribution in [1.29, 1.82) is 0 Å². The number of nitrogens with zero attached hydrogens (tertiary/aromatic N) is 1. The zero-order valence-corrected chi connectivity index (χ0v) is 9.95. The minimum atomic E-state index is -0.245.